The summed E-state index contributed by atoms with van der Waals surface area (Å²) in [6.07, 6.45) is 6.53. The monoisotopic (exact) mass is 375 g/mol. The van der Waals surface area contributed by atoms with Crippen molar-refractivity contribution in [3.8, 4) is 11.4 Å². The first-order valence-electron chi connectivity index (χ1n) is 8.98. The highest BCUT2D eigenvalue weighted by Gasteiger charge is 2.23. The molecule has 0 saturated heterocycles. The van der Waals surface area contributed by atoms with E-state index in [2.05, 4.69) is 25.6 Å². The first kappa shape index (κ1) is 17.8. The molecule has 27 heavy (non-hydrogen) atoms. The molecule has 4 rings (SSSR count). The summed E-state index contributed by atoms with van der Waals surface area (Å²) in [6, 6.07) is 2.51. The van der Waals surface area contributed by atoms with Crippen LogP contribution in [-0.2, 0) is 0 Å². The molecule has 2 aromatic heterocycles. The molecule has 1 aliphatic rings. The van der Waals surface area contributed by atoms with Crippen LogP contribution in [0, 0.1) is 17.5 Å². The smallest absolute Gasteiger partial charge is 0.183 e. The van der Waals surface area contributed by atoms with Crippen LogP contribution in [-0.4, -0.2) is 34.1 Å². The van der Waals surface area contributed by atoms with E-state index >= 15 is 0 Å². The highest BCUT2D eigenvalue weighted by Crippen LogP contribution is 2.30. The Morgan fingerprint density at radius 2 is 1.93 bits per heavy atom. The Balaban J connectivity index is 1.67. The van der Waals surface area contributed by atoms with Crippen molar-refractivity contribution in [2.45, 2.75) is 37.8 Å². The maximum absolute atomic E-state index is 14.3. The van der Waals surface area contributed by atoms with Crippen molar-refractivity contribution in [3.05, 3.63) is 42.0 Å². The standard InChI is InChI=1S/C19H20F3N5/c1-23-11-3-2-4-12(7-11)26-19-16(22)9-25-18(27-19)14-8-24-17-13(14)5-10(20)6-15(17)21/h5-6,8-9,11-12,23-24H,2-4,7H2,1H3,(H,25,26,27)/t11-,12+/m1/s1. The molecule has 1 saturated carbocycles. The van der Waals surface area contributed by atoms with Gasteiger partial charge >= 0.3 is 0 Å². The largest absolute Gasteiger partial charge is 0.365 e. The Labute approximate surface area is 154 Å². The summed E-state index contributed by atoms with van der Waals surface area (Å²) in [4.78, 5) is 11.1. The van der Waals surface area contributed by atoms with Crippen molar-refractivity contribution in [1.29, 1.82) is 0 Å². The molecule has 0 spiro atoms. The molecule has 0 radical (unpaired) electrons. The summed E-state index contributed by atoms with van der Waals surface area (Å²) in [5, 5.41) is 6.74. The third-order valence-corrected chi connectivity index (χ3v) is 5.11. The summed E-state index contributed by atoms with van der Waals surface area (Å²) in [5.41, 5.74) is 0.584. The van der Waals surface area contributed by atoms with Crippen LogP contribution in [0.1, 0.15) is 25.7 Å². The van der Waals surface area contributed by atoms with E-state index in [1.165, 1.54) is 12.3 Å². The molecule has 3 aromatic rings. The minimum absolute atomic E-state index is 0.103. The van der Waals surface area contributed by atoms with Gasteiger partial charge in [0.2, 0.25) is 0 Å². The lowest BCUT2D eigenvalue weighted by Crippen LogP contribution is -2.37. The SMILES string of the molecule is CN[C@@H]1CCC[C@H](Nc2nc(-c3c[nH]c4c(F)cc(F)cc34)ncc2F)C1. The molecule has 142 valence electrons. The summed E-state index contributed by atoms with van der Waals surface area (Å²) >= 11 is 0. The van der Waals surface area contributed by atoms with E-state index in [4.69, 9.17) is 0 Å². The van der Waals surface area contributed by atoms with Crippen LogP contribution in [0.3, 0.4) is 0 Å². The lowest BCUT2D eigenvalue weighted by molar-refractivity contribution is 0.368. The molecule has 0 bridgehead atoms. The van der Waals surface area contributed by atoms with Gasteiger partial charge in [-0.15, -0.1) is 0 Å². The molecule has 5 nitrogen and oxygen atoms in total. The number of halogens is 3. The molecule has 1 aromatic carbocycles. The van der Waals surface area contributed by atoms with Crippen LogP contribution in [0.5, 0.6) is 0 Å². The zero-order valence-electron chi connectivity index (χ0n) is 14.8. The zero-order valence-corrected chi connectivity index (χ0v) is 14.8. The number of hydrogen-bond donors (Lipinski definition) is 3. The average molecular weight is 375 g/mol. The van der Waals surface area contributed by atoms with E-state index in [0.717, 1.165) is 37.9 Å². The molecule has 1 fully saturated rings. The number of rotatable bonds is 4. The number of aromatic amines is 1. The summed E-state index contributed by atoms with van der Waals surface area (Å²) in [6.45, 7) is 0. The quantitative estimate of drug-likeness (QED) is 0.645. The van der Waals surface area contributed by atoms with Crippen LogP contribution in [0.15, 0.2) is 24.5 Å². The van der Waals surface area contributed by atoms with Crippen molar-refractivity contribution >= 4 is 16.7 Å². The molecular formula is C19H20F3N5. The second-order valence-corrected chi connectivity index (χ2v) is 6.90. The third kappa shape index (κ3) is 3.49. The van der Waals surface area contributed by atoms with Gasteiger partial charge in [0.15, 0.2) is 17.5 Å². The molecule has 2 heterocycles. The summed E-state index contributed by atoms with van der Waals surface area (Å²) in [7, 11) is 1.92. The fourth-order valence-electron chi connectivity index (χ4n) is 3.71. The molecule has 2 atom stereocenters. The van der Waals surface area contributed by atoms with Gasteiger partial charge in [0.1, 0.15) is 11.6 Å². The maximum Gasteiger partial charge on any atom is 0.183 e. The zero-order chi connectivity index (χ0) is 19.0. The Hall–Kier alpha value is -2.61. The molecular weight excluding hydrogens is 355 g/mol. The second kappa shape index (κ2) is 7.19. The van der Waals surface area contributed by atoms with E-state index in [1.54, 1.807) is 0 Å². The first-order chi connectivity index (χ1) is 13.0. The topological polar surface area (TPSA) is 65.6 Å². The predicted molar refractivity (Wildman–Crippen MR) is 97.9 cm³/mol. The number of H-pyrrole nitrogens is 1. The number of anilines is 1. The minimum atomic E-state index is -0.697. The highest BCUT2D eigenvalue weighted by molar-refractivity contribution is 5.94. The lowest BCUT2D eigenvalue weighted by Gasteiger charge is -2.29. The van der Waals surface area contributed by atoms with Crippen LogP contribution < -0.4 is 10.6 Å². The maximum atomic E-state index is 14.3. The number of nitrogens with one attached hydrogen (secondary N) is 3. The van der Waals surface area contributed by atoms with Crippen LogP contribution in [0.4, 0.5) is 19.0 Å². The third-order valence-electron chi connectivity index (χ3n) is 5.11. The number of nitrogens with zero attached hydrogens (tertiary/aromatic N) is 2. The number of benzene rings is 1. The van der Waals surface area contributed by atoms with Gasteiger partial charge in [-0.25, -0.2) is 23.1 Å². The van der Waals surface area contributed by atoms with E-state index in [9.17, 15) is 13.2 Å². The number of aromatic nitrogens is 3. The predicted octanol–water partition coefficient (Wildman–Crippen LogP) is 3.98. The normalized spacial score (nSPS) is 20.1. The lowest BCUT2D eigenvalue weighted by atomic mass is 9.91. The molecule has 0 amide bonds. The van der Waals surface area contributed by atoms with E-state index in [1.807, 2.05) is 7.05 Å². The van der Waals surface area contributed by atoms with E-state index < -0.39 is 17.5 Å². The van der Waals surface area contributed by atoms with Crippen molar-refractivity contribution in [2.75, 3.05) is 12.4 Å². The van der Waals surface area contributed by atoms with Gasteiger partial charge in [-0.3, -0.25) is 0 Å². The van der Waals surface area contributed by atoms with Gasteiger partial charge in [-0.1, -0.05) is 0 Å². The van der Waals surface area contributed by atoms with E-state index in [0.29, 0.717) is 17.0 Å². The van der Waals surface area contributed by atoms with Crippen LogP contribution >= 0.6 is 0 Å². The van der Waals surface area contributed by atoms with Gasteiger partial charge in [-0.2, -0.15) is 0 Å². The Morgan fingerprint density at radius 3 is 2.74 bits per heavy atom. The summed E-state index contributed by atoms with van der Waals surface area (Å²) in [5.74, 6) is -1.63. The second-order valence-electron chi connectivity index (χ2n) is 6.90. The Bertz CT molecular complexity index is 971. The van der Waals surface area contributed by atoms with Crippen molar-refractivity contribution in [1.82, 2.24) is 20.3 Å². The molecule has 8 heteroatoms. The average Bonchev–Trinajstić information content (AvgIpc) is 3.08. The highest BCUT2D eigenvalue weighted by atomic mass is 19.1. The molecule has 0 unspecified atom stereocenters. The number of hydrogen-bond acceptors (Lipinski definition) is 4. The van der Waals surface area contributed by atoms with Crippen molar-refractivity contribution < 1.29 is 13.2 Å². The Morgan fingerprint density at radius 1 is 1.11 bits per heavy atom. The molecule has 3 N–H and O–H groups in total. The van der Waals surface area contributed by atoms with Gasteiger partial charge in [0.25, 0.3) is 0 Å². The van der Waals surface area contributed by atoms with Gasteiger partial charge < -0.3 is 15.6 Å². The molecule has 1 aliphatic carbocycles. The van der Waals surface area contributed by atoms with Gasteiger partial charge in [-0.05, 0) is 38.8 Å². The summed E-state index contributed by atoms with van der Waals surface area (Å²) < 4.78 is 41.8. The van der Waals surface area contributed by atoms with Crippen LogP contribution in [0.25, 0.3) is 22.3 Å². The van der Waals surface area contributed by atoms with Gasteiger partial charge in [0, 0.05) is 35.3 Å². The van der Waals surface area contributed by atoms with Crippen molar-refractivity contribution in [3.63, 3.8) is 0 Å². The van der Waals surface area contributed by atoms with E-state index in [-0.39, 0.29) is 23.2 Å². The molecule has 0 aliphatic heterocycles. The first-order valence-corrected chi connectivity index (χ1v) is 8.98. The fourth-order valence-corrected chi connectivity index (χ4v) is 3.71. The van der Waals surface area contributed by atoms with Crippen molar-refractivity contribution in [2.24, 2.45) is 0 Å². The Kier molecular flexibility index (Phi) is 4.73. The van der Waals surface area contributed by atoms with Gasteiger partial charge in [0.05, 0.1) is 11.7 Å². The number of fused-ring (bicyclic) bond motifs is 1. The fraction of sp³-hybridized carbons (Fsp3) is 0.368. The van der Waals surface area contributed by atoms with Crippen LogP contribution in [0.2, 0.25) is 0 Å². The minimum Gasteiger partial charge on any atom is -0.365 e.